The zero-order chi connectivity index (χ0) is 13.8. The molecule has 2 rings (SSSR count). The van der Waals surface area contributed by atoms with E-state index in [9.17, 15) is 4.79 Å². The van der Waals surface area contributed by atoms with Crippen molar-refractivity contribution in [2.75, 3.05) is 12.4 Å². The number of nitrogens with one attached hydrogen (secondary N) is 1. The quantitative estimate of drug-likeness (QED) is 0.944. The number of carbonyl (C=O) groups is 1. The second-order valence-electron chi connectivity index (χ2n) is 3.88. The predicted octanol–water partition coefficient (Wildman–Crippen LogP) is 2.81. The first-order valence-corrected chi connectivity index (χ1v) is 6.33. The number of rotatable bonds is 3. The van der Waals surface area contributed by atoms with Crippen molar-refractivity contribution in [3.05, 3.63) is 46.3 Å². The van der Waals surface area contributed by atoms with Gasteiger partial charge in [0.2, 0.25) is 5.88 Å². The van der Waals surface area contributed by atoms with Gasteiger partial charge in [-0.2, -0.15) is 0 Å². The second kappa shape index (κ2) is 5.79. The molecule has 0 spiro atoms. The van der Waals surface area contributed by atoms with Crippen LogP contribution in [0.2, 0.25) is 0 Å². The van der Waals surface area contributed by atoms with Gasteiger partial charge in [-0.15, -0.1) is 0 Å². The van der Waals surface area contributed by atoms with Crippen LogP contribution < -0.4 is 10.1 Å². The van der Waals surface area contributed by atoms with Crippen molar-refractivity contribution in [3.63, 3.8) is 0 Å². The standard InChI is InChI=1S/C13H12BrN3O2/c1-8-3-4-10(9(14)5-8)17-13(18)11-6-12(19-2)16-7-15-11/h3-7H,1-2H3,(H,17,18). The van der Waals surface area contributed by atoms with Crippen LogP contribution in [0.15, 0.2) is 35.1 Å². The molecule has 0 aliphatic heterocycles. The van der Waals surface area contributed by atoms with Gasteiger partial charge in [0.1, 0.15) is 12.0 Å². The van der Waals surface area contributed by atoms with E-state index in [1.807, 2.05) is 25.1 Å². The van der Waals surface area contributed by atoms with Crippen molar-refractivity contribution in [3.8, 4) is 5.88 Å². The molecule has 0 aliphatic carbocycles. The minimum absolute atomic E-state index is 0.249. The van der Waals surface area contributed by atoms with Gasteiger partial charge in [-0.3, -0.25) is 4.79 Å². The third-order valence-corrected chi connectivity index (χ3v) is 3.11. The van der Waals surface area contributed by atoms with Crippen LogP contribution in [0, 0.1) is 6.92 Å². The van der Waals surface area contributed by atoms with E-state index in [-0.39, 0.29) is 11.6 Å². The number of hydrogen-bond acceptors (Lipinski definition) is 4. The Kier molecular flexibility index (Phi) is 4.11. The first-order valence-electron chi connectivity index (χ1n) is 5.53. The number of ether oxygens (including phenoxy) is 1. The molecular weight excluding hydrogens is 310 g/mol. The van der Waals surface area contributed by atoms with Gasteiger partial charge in [0.15, 0.2) is 0 Å². The maximum atomic E-state index is 12.0. The summed E-state index contributed by atoms with van der Waals surface area (Å²) in [7, 11) is 1.49. The zero-order valence-corrected chi connectivity index (χ0v) is 12.1. The molecule has 0 aliphatic rings. The monoisotopic (exact) mass is 321 g/mol. The van der Waals surface area contributed by atoms with Gasteiger partial charge < -0.3 is 10.1 Å². The Labute approximate surface area is 119 Å². The van der Waals surface area contributed by atoms with Gasteiger partial charge in [0.05, 0.1) is 12.8 Å². The van der Waals surface area contributed by atoms with E-state index < -0.39 is 0 Å². The molecular formula is C13H12BrN3O2. The van der Waals surface area contributed by atoms with E-state index in [2.05, 4.69) is 31.2 Å². The molecule has 1 aromatic heterocycles. The molecule has 1 N–H and O–H groups in total. The highest BCUT2D eigenvalue weighted by Crippen LogP contribution is 2.23. The summed E-state index contributed by atoms with van der Waals surface area (Å²) in [5.74, 6) is 0.0355. The molecule has 0 fully saturated rings. The van der Waals surface area contributed by atoms with E-state index in [0.29, 0.717) is 11.6 Å². The normalized spacial score (nSPS) is 10.1. The third kappa shape index (κ3) is 3.29. The Morgan fingerprint density at radius 1 is 1.32 bits per heavy atom. The maximum absolute atomic E-state index is 12.0. The van der Waals surface area contributed by atoms with Crippen molar-refractivity contribution >= 4 is 27.5 Å². The Hall–Kier alpha value is -1.95. The van der Waals surface area contributed by atoms with E-state index in [1.54, 1.807) is 0 Å². The van der Waals surface area contributed by atoms with Gasteiger partial charge in [0, 0.05) is 10.5 Å². The van der Waals surface area contributed by atoms with Gasteiger partial charge in [-0.05, 0) is 40.5 Å². The lowest BCUT2D eigenvalue weighted by atomic mass is 10.2. The smallest absolute Gasteiger partial charge is 0.274 e. The molecule has 1 aromatic carbocycles. The summed E-state index contributed by atoms with van der Waals surface area (Å²) in [5, 5.41) is 2.77. The topological polar surface area (TPSA) is 64.1 Å². The Bertz CT molecular complexity index is 617. The summed E-state index contributed by atoms with van der Waals surface area (Å²) in [6.45, 7) is 1.98. The fourth-order valence-corrected chi connectivity index (χ4v) is 2.08. The molecule has 0 unspecified atom stereocenters. The number of hydrogen-bond donors (Lipinski definition) is 1. The van der Waals surface area contributed by atoms with Crippen LogP contribution in [0.25, 0.3) is 0 Å². The number of aryl methyl sites for hydroxylation is 1. The SMILES string of the molecule is COc1cc(C(=O)Nc2ccc(C)cc2Br)ncn1. The average molecular weight is 322 g/mol. The number of aromatic nitrogens is 2. The average Bonchev–Trinajstić information content (AvgIpc) is 2.42. The summed E-state index contributed by atoms with van der Waals surface area (Å²) in [5.41, 5.74) is 2.04. The number of halogens is 1. The number of anilines is 1. The van der Waals surface area contributed by atoms with Gasteiger partial charge in [-0.25, -0.2) is 9.97 Å². The number of methoxy groups -OCH3 is 1. The lowest BCUT2D eigenvalue weighted by Crippen LogP contribution is -2.14. The Morgan fingerprint density at radius 2 is 2.11 bits per heavy atom. The van der Waals surface area contributed by atoms with Crippen LogP contribution in [-0.4, -0.2) is 23.0 Å². The third-order valence-electron chi connectivity index (χ3n) is 2.46. The summed E-state index contributed by atoms with van der Waals surface area (Å²) >= 11 is 3.40. The van der Waals surface area contributed by atoms with Crippen molar-refractivity contribution in [2.45, 2.75) is 6.92 Å². The van der Waals surface area contributed by atoms with Gasteiger partial charge in [0.25, 0.3) is 5.91 Å². The van der Waals surface area contributed by atoms with Gasteiger partial charge >= 0.3 is 0 Å². The zero-order valence-electron chi connectivity index (χ0n) is 10.5. The highest BCUT2D eigenvalue weighted by Gasteiger charge is 2.11. The number of carbonyl (C=O) groups excluding carboxylic acids is 1. The fraction of sp³-hybridized carbons (Fsp3) is 0.154. The first kappa shape index (κ1) is 13.5. The minimum Gasteiger partial charge on any atom is -0.481 e. The molecule has 0 radical (unpaired) electrons. The van der Waals surface area contributed by atoms with Crippen LogP contribution in [0.5, 0.6) is 5.88 Å². The van der Waals surface area contributed by atoms with E-state index in [4.69, 9.17) is 4.74 Å². The summed E-state index contributed by atoms with van der Waals surface area (Å²) in [4.78, 5) is 19.8. The largest absolute Gasteiger partial charge is 0.481 e. The molecule has 19 heavy (non-hydrogen) atoms. The maximum Gasteiger partial charge on any atom is 0.274 e. The van der Waals surface area contributed by atoms with E-state index in [0.717, 1.165) is 10.0 Å². The molecule has 5 nitrogen and oxygen atoms in total. The summed E-state index contributed by atoms with van der Waals surface area (Å²) in [6.07, 6.45) is 1.29. The van der Waals surface area contributed by atoms with Crippen LogP contribution in [0.4, 0.5) is 5.69 Å². The van der Waals surface area contributed by atoms with Crippen molar-refractivity contribution < 1.29 is 9.53 Å². The lowest BCUT2D eigenvalue weighted by Gasteiger charge is -2.08. The summed E-state index contributed by atoms with van der Waals surface area (Å²) < 4.78 is 5.78. The van der Waals surface area contributed by atoms with Gasteiger partial charge in [-0.1, -0.05) is 6.07 Å². The molecule has 0 atom stereocenters. The molecule has 2 aromatic rings. The van der Waals surface area contributed by atoms with Crippen LogP contribution in [-0.2, 0) is 0 Å². The lowest BCUT2D eigenvalue weighted by molar-refractivity contribution is 0.102. The van der Waals surface area contributed by atoms with Crippen molar-refractivity contribution in [2.24, 2.45) is 0 Å². The van der Waals surface area contributed by atoms with Crippen molar-refractivity contribution in [1.29, 1.82) is 0 Å². The molecule has 0 saturated heterocycles. The Balaban J connectivity index is 2.20. The molecule has 98 valence electrons. The second-order valence-corrected chi connectivity index (χ2v) is 4.74. The van der Waals surface area contributed by atoms with Crippen LogP contribution in [0.3, 0.4) is 0 Å². The van der Waals surface area contributed by atoms with Crippen LogP contribution >= 0.6 is 15.9 Å². The highest BCUT2D eigenvalue weighted by molar-refractivity contribution is 9.10. The van der Waals surface area contributed by atoms with Crippen molar-refractivity contribution in [1.82, 2.24) is 9.97 Å². The molecule has 1 heterocycles. The number of benzene rings is 1. The molecule has 0 bridgehead atoms. The Morgan fingerprint density at radius 3 is 2.79 bits per heavy atom. The first-order chi connectivity index (χ1) is 9.10. The summed E-state index contributed by atoms with van der Waals surface area (Å²) in [6, 6.07) is 7.16. The fourth-order valence-electron chi connectivity index (χ4n) is 1.48. The molecule has 1 amide bonds. The minimum atomic E-state index is -0.315. The van der Waals surface area contributed by atoms with E-state index in [1.165, 1.54) is 19.5 Å². The number of nitrogens with zero attached hydrogens (tertiary/aromatic N) is 2. The molecule has 0 saturated carbocycles. The van der Waals surface area contributed by atoms with E-state index >= 15 is 0 Å². The number of amides is 1. The predicted molar refractivity (Wildman–Crippen MR) is 75.4 cm³/mol. The van der Waals surface area contributed by atoms with Crippen LogP contribution in [0.1, 0.15) is 16.1 Å². The highest BCUT2D eigenvalue weighted by atomic mass is 79.9. The molecule has 6 heteroatoms.